The van der Waals surface area contributed by atoms with E-state index in [0.717, 1.165) is 44.7 Å². The van der Waals surface area contributed by atoms with Crippen molar-refractivity contribution < 1.29 is 37.0 Å². The van der Waals surface area contributed by atoms with Crippen LogP contribution in [0.4, 0.5) is 21.2 Å². The number of piperidine rings is 2. The summed E-state index contributed by atoms with van der Waals surface area (Å²) < 4.78 is 48.7. The number of benzene rings is 2. The zero-order valence-electron chi connectivity index (χ0n) is 45.1. The van der Waals surface area contributed by atoms with Crippen molar-refractivity contribution in [3.63, 3.8) is 0 Å². The van der Waals surface area contributed by atoms with Crippen LogP contribution in [0.3, 0.4) is 0 Å². The van der Waals surface area contributed by atoms with Gasteiger partial charge in [0.1, 0.15) is 22.5 Å². The summed E-state index contributed by atoms with van der Waals surface area (Å²) in [6.07, 6.45) is 5.99. The van der Waals surface area contributed by atoms with E-state index in [9.17, 15) is 27.6 Å². The highest BCUT2D eigenvalue weighted by Gasteiger charge is 2.37. The second-order valence-corrected chi connectivity index (χ2v) is 24.0. The Balaban J connectivity index is 0.000000250. The van der Waals surface area contributed by atoms with Crippen molar-refractivity contribution in [3.05, 3.63) is 109 Å². The lowest BCUT2D eigenvalue weighted by atomic mass is 10.0. The van der Waals surface area contributed by atoms with Crippen molar-refractivity contribution in [1.29, 1.82) is 0 Å². The minimum Gasteiger partial charge on any atom is -0.444 e. The van der Waals surface area contributed by atoms with Crippen LogP contribution in [0.5, 0.6) is 0 Å². The molecule has 23 heteroatoms. The fraction of sp³-hybridized carbons (Fsp3) is 0.538. The molecule has 7 rings (SSSR count). The van der Waals surface area contributed by atoms with Crippen LogP contribution in [-0.4, -0.2) is 149 Å². The topological polar surface area (TPSA) is 207 Å². The molecule has 2 aliphatic heterocycles. The molecule has 0 saturated carbocycles. The first-order valence-corrected chi connectivity index (χ1v) is 27.2. The van der Waals surface area contributed by atoms with Gasteiger partial charge in [-0.25, -0.2) is 14.1 Å². The van der Waals surface area contributed by atoms with Gasteiger partial charge in [0.05, 0.1) is 6.10 Å². The summed E-state index contributed by atoms with van der Waals surface area (Å²) in [5, 5.41) is 16.3. The Bertz CT molecular complexity index is 3000. The molecule has 2 aliphatic rings. The van der Waals surface area contributed by atoms with Crippen LogP contribution in [0.1, 0.15) is 107 Å². The molecule has 5 aromatic rings. The van der Waals surface area contributed by atoms with Crippen molar-refractivity contribution in [3.8, 4) is 0 Å². The Morgan fingerprint density at radius 2 is 1.29 bits per heavy atom. The molecule has 0 bridgehead atoms. The van der Waals surface area contributed by atoms with Gasteiger partial charge in [0.25, 0.3) is 11.5 Å². The third-order valence-electron chi connectivity index (χ3n) is 12.6. The SMILES string of the molecule is COC(C)CN(C)C(=O)c1nn(S(=O)(=O)N(C)C)c(N2CCC[C@@H](NC(=O)OC(C)(C)C)C2)c1Cc1ccccc1Cl.Cn1ccn2nc(N3CCC[C@@H](NC(=O)OC(C)(C)C)C3)c(Cc3ccccc3Cl)c2c1=O. The molecule has 2 fully saturated rings. The van der Waals surface area contributed by atoms with Gasteiger partial charge in [0, 0.05) is 127 Å². The minimum absolute atomic E-state index is 0.00312. The molecule has 3 amide bonds. The lowest BCUT2D eigenvalue weighted by Gasteiger charge is -2.35. The van der Waals surface area contributed by atoms with Crippen LogP contribution in [0.25, 0.3) is 5.52 Å². The zero-order valence-corrected chi connectivity index (χ0v) is 47.5. The van der Waals surface area contributed by atoms with Crippen LogP contribution in [0.2, 0.25) is 10.0 Å². The number of halogens is 2. The zero-order chi connectivity index (χ0) is 55.2. The molecule has 0 radical (unpaired) electrons. The van der Waals surface area contributed by atoms with Crippen molar-refractivity contribution in [1.82, 2.24) is 43.2 Å². The second kappa shape index (κ2) is 24.4. The minimum atomic E-state index is -4.16. The van der Waals surface area contributed by atoms with Gasteiger partial charge in [-0.1, -0.05) is 59.6 Å². The number of methoxy groups -OCH3 is 1. The van der Waals surface area contributed by atoms with E-state index < -0.39 is 39.5 Å². The monoisotopic (exact) mass is 1100 g/mol. The number of aryl methyl sites for hydroxylation is 1. The number of ether oxygens (including phenoxy) is 3. The van der Waals surface area contributed by atoms with E-state index in [1.165, 1.54) is 19.0 Å². The molecular weight excluding hydrogens is 1030 g/mol. The Labute approximate surface area is 450 Å². The predicted octanol–water partition coefficient (Wildman–Crippen LogP) is 7.15. The van der Waals surface area contributed by atoms with Crippen molar-refractivity contribution in [2.24, 2.45) is 7.05 Å². The Morgan fingerprint density at radius 3 is 1.80 bits per heavy atom. The number of carbonyl (C=O) groups is 3. The van der Waals surface area contributed by atoms with Gasteiger partial charge in [-0.05, 0) is 97.4 Å². The molecule has 1 unspecified atom stereocenters. The molecule has 3 aromatic heterocycles. The smallest absolute Gasteiger partial charge is 0.407 e. The van der Waals surface area contributed by atoms with Gasteiger partial charge in [-0.3, -0.25) is 9.59 Å². The summed E-state index contributed by atoms with van der Waals surface area (Å²) in [5.41, 5.74) is 2.11. The predicted molar refractivity (Wildman–Crippen MR) is 292 cm³/mol. The van der Waals surface area contributed by atoms with Crippen LogP contribution in [0, 0.1) is 0 Å². The molecular formula is C52H73Cl2N11O9S. The number of likely N-dealkylation sites (N-methyl/N-ethyl adjacent to an activating group) is 1. The fourth-order valence-electron chi connectivity index (χ4n) is 8.90. The molecule has 410 valence electrons. The van der Waals surface area contributed by atoms with Crippen LogP contribution < -0.4 is 26.0 Å². The molecule has 2 aromatic carbocycles. The number of nitrogens with zero attached hydrogens (tertiary/aromatic N) is 9. The van der Waals surface area contributed by atoms with Crippen molar-refractivity contribution in [2.75, 3.05) is 70.8 Å². The van der Waals surface area contributed by atoms with Gasteiger partial charge in [-0.2, -0.15) is 12.7 Å². The highest BCUT2D eigenvalue weighted by Crippen LogP contribution is 2.34. The van der Waals surface area contributed by atoms with Crippen LogP contribution in [-0.2, 0) is 44.3 Å². The number of anilines is 2. The first-order valence-electron chi connectivity index (χ1n) is 25.0. The van der Waals surface area contributed by atoms with Crippen LogP contribution >= 0.6 is 23.2 Å². The molecule has 5 heterocycles. The summed E-state index contributed by atoms with van der Waals surface area (Å²) in [5.74, 6) is 0.556. The van der Waals surface area contributed by atoms with Gasteiger partial charge in [0.2, 0.25) is 0 Å². The van der Waals surface area contributed by atoms with Crippen molar-refractivity contribution in [2.45, 2.75) is 116 Å². The summed E-state index contributed by atoms with van der Waals surface area (Å²) in [6.45, 7) is 15.1. The molecule has 0 spiro atoms. The molecule has 3 atom stereocenters. The van der Waals surface area contributed by atoms with E-state index in [-0.39, 0.29) is 54.8 Å². The number of fused-ring (bicyclic) bond motifs is 1. The van der Waals surface area contributed by atoms with Gasteiger partial charge < -0.3 is 44.1 Å². The third-order valence-corrected chi connectivity index (χ3v) is 14.9. The number of hydrogen-bond acceptors (Lipinski definition) is 13. The van der Waals surface area contributed by atoms with Crippen molar-refractivity contribution >= 4 is 68.7 Å². The fourth-order valence-corrected chi connectivity index (χ4v) is 10.2. The summed E-state index contributed by atoms with van der Waals surface area (Å²) in [6, 6.07) is 14.4. The van der Waals surface area contributed by atoms with E-state index in [1.54, 1.807) is 75.6 Å². The Kier molecular flexibility index (Phi) is 19.0. The Hall–Kier alpha value is -5.87. The summed E-state index contributed by atoms with van der Waals surface area (Å²) in [7, 11) is 3.57. The maximum Gasteiger partial charge on any atom is 0.407 e. The molecule has 0 aliphatic carbocycles. The molecule has 20 nitrogen and oxygen atoms in total. The second-order valence-electron chi connectivity index (χ2n) is 21.2. The highest BCUT2D eigenvalue weighted by molar-refractivity contribution is 7.87. The van der Waals surface area contributed by atoms with E-state index in [4.69, 9.17) is 42.5 Å². The first-order chi connectivity index (χ1) is 35.2. The molecule has 2 saturated heterocycles. The number of hydrogen-bond donors (Lipinski definition) is 2. The quantitative estimate of drug-likeness (QED) is 0.113. The number of amides is 3. The summed E-state index contributed by atoms with van der Waals surface area (Å²) in [4.78, 5) is 57.2. The van der Waals surface area contributed by atoms with E-state index in [2.05, 4.69) is 20.6 Å². The van der Waals surface area contributed by atoms with Crippen LogP contribution in [0.15, 0.2) is 65.7 Å². The lowest BCUT2D eigenvalue weighted by molar-refractivity contribution is 0.0488. The average Bonchev–Trinajstić information content (AvgIpc) is 3.89. The van der Waals surface area contributed by atoms with E-state index in [1.807, 2.05) is 69.0 Å². The van der Waals surface area contributed by atoms with Gasteiger partial charge in [0.15, 0.2) is 11.5 Å². The highest BCUT2D eigenvalue weighted by atomic mass is 35.5. The number of nitrogens with one attached hydrogen (secondary N) is 2. The van der Waals surface area contributed by atoms with E-state index in [0.29, 0.717) is 59.0 Å². The normalized spacial score (nSPS) is 16.8. The number of rotatable bonds is 14. The number of aromatic nitrogens is 5. The molecule has 2 N–H and O–H groups in total. The van der Waals surface area contributed by atoms with Gasteiger partial charge >= 0.3 is 22.4 Å². The van der Waals surface area contributed by atoms with Gasteiger partial charge in [-0.15, -0.1) is 14.3 Å². The first kappa shape index (κ1) is 58.4. The number of carbonyl (C=O) groups excluding carboxylic acids is 3. The maximum atomic E-state index is 13.8. The third kappa shape index (κ3) is 15.0. The molecule has 75 heavy (non-hydrogen) atoms. The largest absolute Gasteiger partial charge is 0.444 e. The van der Waals surface area contributed by atoms with E-state index >= 15 is 0 Å². The lowest BCUT2D eigenvalue weighted by Crippen LogP contribution is -2.50. The number of alkyl carbamates (subject to hydrolysis) is 2. The Morgan fingerprint density at radius 1 is 0.787 bits per heavy atom. The average molecular weight is 1100 g/mol. The standard InChI is InChI=1S/C28H43ClN6O6S.C24H30ClN5O3/c1-19(40-8)17-33(7)26(36)24-22(16-20-12-9-10-14-23(20)29)25(35(31-24)42(38,39)32(5)6)34-15-11-13-21(18-34)30-27(37)41-28(2,3)4;1-24(2,3)33-23(32)26-17-9-7-11-29(15-17)21-18(14-16-8-5-6-10-19(16)25)20-22(31)28(4)12-13-30(20)27-21/h9-10,12,14,19,21H,11,13,15-18H2,1-8H3,(H,30,37);5-6,8,10,12-13,17H,7,9,11,14-15H2,1-4H3,(H,26,32)/t19?,21-;17-/m11/s1. The summed E-state index contributed by atoms with van der Waals surface area (Å²) >= 11 is 13.0. The maximum absolute atomic E-state index is 13.8.